The SMILES string of the molecule is COc1cc(CNCc2cc(C)c(C)cc2C)ccc1OCC(N)=O. The maximum absolute atomic E-state index is 10.8. The van der Waals surface area contributed by atoms with Crippen LogP contribution in [0.2, 0.25) is 0 Å². The summed E-state index contributed by atoms with van der Waals surface area (Å²) in [6.07, 6.45) is 0. The molecule has 0 fully saturated rings. The predicted molar refractivity (Wildman–Crippen MR) is 98.9 cm³/mol. The highest BCUT2D eigenvalue weighted by Crippen LogP contribution is 2.28. The van der Waals surface area contributed by atoms with Crippen LogP contribution in [0.15, 0.2) is 30.3 Å². The van der Waals surface area contributed by atoms with E-state index in [9.17, 15) is 4.79 Å². The molecule has 2 aromatic carbocycles. The average molecular weight is 342 g/mol. The highest BCUT2D eigenvalue weighted by molar-refractivity contribution is 5.75. The summed E-state index contributed by atoms with van der Waals surface area (Å²) < 4.78 is 10.7. The van der Waals surface area contributed by atoms with Crippen LogP contribution >= 0.6 is 0 Å². The Kier molecular flexibility index (Phi) is 6.42. The lowest BCUT2D eigenvalue weighted by Gasteiger charge is -2.13. The minimum absolute atomic E-state index is 0.167. The molecule has 0 saturated carbocycles. The Hall–Kier alpha value is -2.53. The molecule has 0 heterocycles. The van der Waals surface area contributed by atoms with E-state index in [1.54, 1.807) is 13.2 Å². The first kappa shape index (κ1) is 18.8. The molecule has 3 N–H and O–H groups in total. The number of methoxy groups -OCH3 is 1. The smallest absolute Gasteiger partial charge is 0.255 e. The molecule has 2 rings (SSSR count). The van der Waals surface area contributed by atoms with E-state index in [-0.39, 0.29) is 6.61 Å². The van der Waals surface area contributed by atoms with Gasteiger partial charge >= 0.3 is 0 Å². The lowest BCUT2D eigenvalue weighted by Crippen LogP contribution is -2.20. The zero-order valence-electron chi connectivity index (χ0n) is 15.3. The molecule has 0 bridgehead atoms. The molecule has 0 saturated heterocycles. The van der Waals surface area contributed by atoms with E-state index in [4.69, 9.17) is 15.2 Å². The molecular formula is C20H26N2O3. The number of amides is 1. The lowest BCUT2D eigenvalue weighted by molar-refractivity contribution is -0.119. The predicted octanol–water partition coefficient (Wildman–Crippen LogP) is 2.77. The highest BCUT2D eigenvalue weighted by Gasteiger charge is 2.08. The van der Waals surface area contributed by atoms with Gasteiger partial charge in [-0.25, -0.2) is 0 Å². The number of carbonyl (C=O) groups is 1. The van der Waals surface area contributed by atoms with Gasteiger partial charge in [0.05, 0.1) is 7.11 Å². The van der Waals surface area contributed by atoms with Gasteiger partial charge in [0.1, 0.15) is 0 Å². The van der Waals surface area contributed by atoms with Gasteiger partial charge in [-0.2, -0.15) is 0 Å². The van der Waals surface area contributed by atoms with Crippen molar-refractivity contribution >= 4 is 5.91 Å². The monoisotopic (exact) mass is 342 g/mol. The van der Waals surface area contributed by atoms with Crippen LogP contribution < -0.4 is 20.5 Å². The summed E-state index contributed by atoms with van der Waals surface area (Å²) in [4.78, 5) is 10.8. The summed E-state index contributed by atoms with van der Waals surface area (Å²) >= 11 is 0. The van der Waals surface area contributed by atoms with Crippen molar-refractivity contribution in [2.75, 3.05) is 13.7 Å². The second-order valence-electron chi connectivity index (χ2n) is 6.21. The quantitative estimate of drug-likeness (QED) is 0.774. The fourth-order valence-electron chi connectivity index (χ4n) is 2.64. The summed E-state index contributed by atoms with van der Waals surface area (Å²) in [6.45, 7) is 7.74. The molecule has 25 heavy (non-hydrogen) atoms. The molecule has 0 unspecified atom stereocenters. The molecule has 0 aliphatic carbocycles. The molecule has 0 radical (unpaired) electrons. The third-order valence-corrected chi connectivity index (χ3v) is 4.19. The first-order chi connectivity index (χ1) is 11.9. The first-order valence-electron chi connectivity index (χ1n) is 8.26. The minimum atomic E-state index is -0.517. The zero-order chi connectivity index (χ0) is 18.4. The Morgan fingerprint density at radius 2 is 1.72 bits per heavy atom. The van der Waals surface area contributed by atoms with Crippen LogP contribution in [-0.4, -0.2) is 19.6 Å². The van der Waals surface area contributed by atoms with Crippen molar-refractivity contribution < 1.29 is 14.3 Å². The van der Waals surface area contributed by atoms with Gasteiger partial charge in [0, 0.05) is 13.1 Å². The van der Waals surface area contributed by atoms with E-state index in [0.717, 1.165) is 12.1 Å². The summed E-state index contributed by atoms with van der Waals surface area (Å²) in [6, 6.07) is 10.1. The number of carbonyl (C=O) groups excluding carboxylic acids is 1. The zero-order valence-corrected chi connectivity index (χ0v) is 15.3. The molecule has 5 nitrogen and oxygen atoms in total. The Morgan fingerprint density at radius 1 is 1.00 bits per heavy atom. The van der Waals surface area contributed by atoms with Crippen LogP contribution in [0.5, 0.6) is 11.5 Å². The Labute approximate surface area is 149 Å². The largest absolute Gasteiger partial charge is 0.493 e. The second kappa shape index (κ2) is 8.53. The molecule has 0 atom stereocenters. The van der Waals surface area contributed by atoms with Crippen LogP contribution in [0.1, 0.15) is 27.8 Å². The van der Waals surface area contributed by atoms with Crippen molar-refractivity contribution in [1.29, 1.82) is 0 Å². The standard InChI is InChI=1S/C20H26N2O3/c1-13-7-15(3)17(8-14(13)2)11-22-10-16-5-6-18(19(9-16)24-4)25-12-20(21)23/h5-9,22H,10-12H2,1-4H3,(H2,21,23). The second-order valence-corrected chi connectivity index (χ2v) is 6.21. The van der Waals surface area contributed by atoms with Gasteiger partial charge in [0.2, 0.25) is 0 Å². The molecule has 0 aliphatic rings. The van der Waals surface area contributed by atoms with Gasteiger partial charge in [-0.3, -0.25) is 4.79 Å². The minimum Gasteiger partial charge on any atom is -0.493 e. The van der Waals surface area contributed by atoms with Crippen LogP contribution in [0, 0.1) is 20.8 Å². The highest BCUT2D eigenvalue weighted by atomic mass is 16.5. The average Bonchev–Trinajstić information content (AvgIpc) is 2.57. The maximum Gasteiger partial charge on any atom is 0.255 e. The van der Waals surface area contributed by atoms with E-state index < -0.39 is 5.91 Å². The normalized spacial score (nSPS) is 10.6. The molecule has 0 spiro atoms. The topological polar surface area (TPSA) is 73.6 Å². The van der Waals surface area contributed by atoms with Crippen LogP contribution in [-0.2, 0) is 17.9 Å². The Bertz CT molecular complexity index is 757. The fraction of sp³-hybridized carbons (Fsp3) is 0.350. The number of primary amides is 1. The number of nitrogens with one attached hydrogen (secondary N) is 1. The van der Waals surface area contributed by atoms with E-state index in [0.29, 0.717) is 18.0 Å². The van der Waals surface area contributed by atoms with Crippen LogP contribution in [0.3, 0.4) is 0 Å². The van der Waals surface area contributed by atoms with E-state index in [1.807, 2.05) is 12.1 Å². The number of benzene rings is 2. The number of hydrogen-bond donors (Lipinski definition) is 2. The van der Waals surface area contributed by atoms with Gasteiger partial charge in [0.15, 0.2) is 18.1 Å². The fourth-order valence-corrected chi connectivity index (χ4v) is 2.64. The van der Waals surface area contributed by atoms with Gasteiger partial charge in [0.25, 0.3) is 5.91 Å². The number of ether oxygens (including phenoxy) is 2. The molecular weight excluding hydrogens is 316 g/mol. The van der Waals surface area contributed by atoms with Gasteiger partial charge in [-0.05, 0) is 60.7 Å². The number of nitrogens with two attached hydrogens (primary N) is 1. The van der Waals surface area contributed by atoms with Gasteiger partial charge in [-0.1, -0.05) is 18.2 Å². The maximum atomic E-state index is 10.8. The van der Waals surface area contributed by atoms with E-state index in [1.165, 1.54) is 22.3 Å². The lowest BCUT2D eigenvalue weighted by atomic mass is 10.0. The Balaban J connectivity index is 1.99. The van der Waals surface area contributed by atoms with Gasteiger partial charge < -0.3 is 20.5 Å². The summed E-state index contributed by atoms with van der Waals surface area (Å²) in [5.41, 5.74) is 11.4. The van der Waals surface area contributed by atoms with Crippen molar-refractivity contribution in [3.63, 3.8) is 0 Å². The molecule has 2 aromatic rings. The molecule has 5 heteroatoms. The number of aryl methyl sites for hydroxylation is 3. The molecule has 1 amide bonds. The molecule has 0 aliphatic heterocycles. The number of hydrogen-bond acceptors (Lipinski definition) is 4. The van der Waals surface area contributed by atoms with E-state index in [2.05, 4.69) is 38.2 Å². The van der Waals surface area contributed by atoms with Gasteiger partial charge in [-0.15, -0.1) is 0 Å². The Morgan fingerprint density at radius 3 is 2.40 bits per heavy atom. The first-order valence-corrected chi connectivity index (χ1v) is 8.26. The van der Waals surface area contributed by atoms with Crippen molar-refractivity contribution in [2.45, 2.75) is 33.9 Å². The summed E-state index contributed by atoms with van der Waals surface area (Å²) in [5.74, 6) is 0.578. The van der Waals surface area contributed by atoms with Crippen molar-refractivity contribution in [2.24, 2.45) is 5.73 Å². The third-order valence-electron chi connectivity index (χ3n) is 4.19. The van der Waals surface area contributed by atoms with Crippen molar-refractivity contribution in [1.82, 2.24) is 5.32 Å². The van der Waals surface area contributed by atoms with Crippen LogP contribution in [0.4, 0.5) is 0 Å². The molecule has 134 valence electrons. The van der Waals surface area contributed by atoms with Crippen molar-refractivity contribution in [3.05, 3.63) is 58.1 Å². The van der Waals surface area contributed by atoms with Crippen molar-refractivity contribution in [3.8, 4) is 11.5 Å². The summed E-state index contributed by atoms with van der Waals surface area (Å²) in [5, 5.41) is 3.46. The van der Waals surface area contributed by atoms with E-state index >= 15 is 0 Å². The summed E-state index contributed by atoms with van der Waals surface area (Å²) in [7, 11) is 1.57. The number of rotatable bonds is 8. The van der Waals surface area contributed by atoms with Crippen LogP contribution in [0.25, 0.3) is 0 Å². The molecule has 0 aromatic heterocycles. The third kappa shape index (κ3) is 5.22.